The molecular weight excluding hydrogens is 153 g/mol. The second-order valence-electron chi connectivity index (χ2n) is 1.84. The summed E-state index contributed by atoms with van der Waals surface area (Å²) in [6.45, 7) is 0. The Morgan fingerprint density at radius 2 is 1.33 bits per heavy atom. The second-order valence-corrected chi connectivity index (χ2v) is 8.70. The van der Waals surface area contributed by atoms with Gasteiger partial charge in [0.15, 0.2) is 0 Å². The number of hydrogen-bond acceptors (Lipinski definition) is 1. The van der Waals surface area contributed by atoms with Crippen LogP contribution in [0, 0.1) is 0 Å². The summed E-state index contributed by atoms with van der Waals surface area (Å²) in [5, 5.41) is 0. The molecule has 0 N–H and O–H groups in total. The van der Waals surface area contributed by atoms with Gasteiger partial charge in [0.25, 0.3) is 0 Å². The SMILES string of the molecule is C[N](C)[Zr]([CH3])[CH3]. The Morgan fingerprint density at radius 1 is 1.17 bits per heavy atom. The van der Waals surface area contributed by atoms with Crippen molar-refractivity contribution in [1.82, 2.24) is 2.84 Å². The van der Waals surface area contributed by atoms with Crippen molar-refractivity contribution in [1.29, 1.82) is 0 Å². The molecule has 0 aliphatic carbocycles. The molecular formula is C4H12NZr. The second kappa shape index (κ2) is 2.93. The van der Waals surface area contributed by atoms with E-state index in [9.17, 15) is 0 Å². The summed E-state index contributed by atoms with van der Waals surface area (Å²) in [5.41, 5.74) is 0. The van der Waals surface area contributed by atoms with Gasteiger partial charge in [-0.25, -0.2) is 0 Å². The van der Waals surface area contributed by atoms with Gasteiger partial charge < -0.3 is 0 Å². The third-order valence-corrected chi connectivity index (χ3v) is 5.29. The van der Waals surface area contributed by atoms with E-state index in [0.717, 1.165) is 0 Å². The monoisotopic (exact) mass is 164 g/mol. The summed E-state index contributed by atoms with van der Waals surface area (Å²) in [5.74, 6) is 0. The van der Waals surface area contributed by atoms with Crippen LogP contribution in [0.25, 0.3) is 0 Å². The Hall–Kier alpha value is 0.843. The van der Waals surface area contributed by atoms with Crippen molar-refractivity contribution in [2.75, 3.05) is 14.1 Å². The standard InChI is InChI=1S/C2H6N.2CH3.Zr/c1-3-2;;;/h1-2H3;2*1H3;/q-1;;;+1. The topological polar surface area (TPSA) is 3.24 Å². The van der Waals surface area contributed by atoms with Crippen molar-refractivity contribution in [3.8, 4) is 0 Å². The first-order valence-electron chi connectivity index (χ1n) is 2.12. The van der Waals surface area contributed by atoms with Gasteiger partial charge in [-0.1, -0.05) is 0 Å². The predicted molar refractivity (Wildman–Crippen MR) is 25.4 cm³/mol. The van der Waals surface area contributed by atoms with Gasteiger partial charge in [-0.05, 0) is 0 Å². The first kappa shape index (κ1) is 6.84. The van der Waals surface area contributed by atoms with E-state index in [1.54, 1.807) is 0 Å². The maximum atomic E-state index is 2.36. The molecule has 0 bridgehead atoms. The number of rotatable bonds is 1. The molecule has 37 valence electrons. The minimum absolute atomic E-state index is 0.866. The third kappa shape index (κ3) is 3.05. The van der Waals surface area contributed by atoms with Gasteiger partial charge in [0.2, 0.25) is 0 Å². The van der Waals surface area contributed by atoms with Crippen LogP contribution in [0.2, 0.25) is 9.26 Å². The Morgan fingerprint density at radius 3 is 1.33 bits per heavy atom. The van der Waals surface area contributed by atoms with Crippen LogP contribution in [-0.2, 0) is 22.0 Å². The predicted octanol–water partition coefficient (Wildman–Crippen LogP) is 1.18. The first-order chi connectivity index (χ1) is 2.64. The van der Waals surface area contributed by atoms with Crippen molar-refractivity contribution in [2.24, 2.45) is 0 Å². The molecule has 0 heterocycles. The summed E-state index contributed by atoms with van der Waals surface area (Å²) >= 11 is -0.866. The quantitative estimate of drug-likeness (QED) is 0.564. The fraction of sp³-hybridized carbons (Fsp3) is 1.00. The van der Waals surface area contributed by atoms with Crippen LogP contribution in [-0.4, -0.2) is 16.9 Å². The minimum atomic E-state index is -0.866. The van der Waals surface area contributed by atoms with Crippen molar-refractivity contribution < 1.29 is 22.0 Å². The van der Waals surface area contributed by atoms with Crippen LogP contribution in [0.3, 0.4) is 0 Å². The van der Waals surface area contributed by atoms with E-state index >= 15 is 0 Å². The molecule has 0 rings (SSSR count). The van der Waals surface area contributed by atoms with Gasteiger partial charge >= 0.3 is 48.2 Å². The van der Waals surface area contributed by atoms with E-state index < -0.39 is 22.0 Å². The maximum absolute atomic E-state index is 2.36. The van der Waals surface area contributed by atoms with Gasteiger partial charge in [0.1, 0.15) is 0 Å². The molecule has 0 amide bonds. The third-order valence-electron chi connectivity index (χ3n) is 0.894. The zero-order chi connectivity index (χ0) is 5.15. The van der Waals surface area contributed by atoms with E-state index in [-0.39, 0.29) is 0 Å². The van der Waals surface area contributed by atoms with Crippen LogP contribution >= 0.6 is 0 Å². The summed E-state index contributed by atoms with van der Waals surface area (Å²) in [4.78, 5) is 0. The molecule has 0 unspecified atom stereocenters. The van der Waals surface area contributed by atoms with Gasteiger partial charge in [-0.3, -0.25) is 0 Å². The van der Waals surface area contributed by atoms with Gasteiger partial charge in [0.05, 0.1) is 0 Å². The van der Waals surface area contributed by atoms with Gasteiger partial charge in [-0.2, -0.15) is 0 Å². The van der Waals surface area contributed by atoms with Crippen molar-refractivity contribution in [3.05, 3.63) is 0 Å². The van der Waals surface area contributed by atoms with E-state index in [0.29, 0.717) is 0 Å². The summed E-state index contributed by atoms with van der Waals surface area (Å²) in [6.07, 6.45) is 0. The number of hydrogen-bond donors (Lipinski definition) is 0. The Balaban J connectivity index is 2.99. The van der Waals surface area contributed by atoms with Crippen LogP contribution in [0.15, 0.2) is 0 Å². The summed E-state index contributed by atoms with van der Waals surface area (Å²) < 4.78 is 7.09. The van der Waals surface area contributed by atoms with Crippen molar-refractivity contribution in [2.45, 2.75) is 9.26 Å². The fourth-order valence-electron chi connectivity index (χ4n) is 0. The molecule has 0 atom stereocenters. The van der Waals surface area contributed by atoms with Crippen LogP contribution < -0.4 is 0 Å². The molecule has 0 aromatic rings. The molecule has 6 heavy (non-hydrogen) atoms. The fourth-order valence-corrected chi connectivity index (χ4v) is 0. The summed E-state index contributed by atoms with van der Waals surface area (Å²) in [7, 11) is 4.32. The zero-order valence-corrected chi connectivity index (χ0v) is 7.41. The number of nitrogens with zero attached hydrogens (tertiary/aromatic N) is 1. The first-order valence-corrected chi connectivity index (χ1v) is 8.13. The molecule has 2 heteroatoms. The van der Waals surface area contributed by atoms with Gasteiger partial charge in [0, 0.05) is 0 Å². The van der Waals surface area contributed by atoms with Crippen LogP contribution in [0.5, 0.6) is 0 Å². The molecule has 0 fully saturated rings. The van der Waals surface area contributed by atoms with E-state index in [4.69, 9.17) is 0 Å². The zero-order valence-electron chi connectivity index (χ0n) is 4.95. The Kier molecular flexibility index (Phi) is 3.34. The van der Waals surface area contributed by atoms with E-state index in [1.807, 2.05) is 0 Å². The van der Waals surface area contributed by atoms with Crippen LogP contribution in [0.1, 0.15) is 0 Å². The van der Waals surface area contributed by atoms with E-state index in [2.05, 4.69) is 26.2 Å². The van der Waals surface area contributed by atoms with Gasteiger partial charge in [-0.15, -0.1) is 0 Å². The molecule has 0 radical (unpaired) electrons. The molecule has 0 aromatic carbocycles. The molecule has 0 saturated heterocycles. The average molecular weight is 165 g/mol. The van der Waals surface area contributed by atoms with Crippen molar-refractivity contribution in [3.63, 3.8) is 0 Å². The Bertz CT molecular complexity index is 28.5. The Labute approximate surface area is 48.4 Å². The molecule has 0 aliphatic heterocycles. The summed E-state index contributed by atoms with van der Waals surface area (Å²) in [6, 6.07) is 0. The molecule has 1 nitrogen and oxygen atoms in total. The molecule has 0 aromatic heterocycles. The van der Waals surface area contributed by atoms with Crippen LogP contribution in [0.4, 0.5) is 0 Å². The molecule has 0 spiro atoms. The molecule has 0 aliphatic rings. The van der Waals surface area contributed by atoms with E-state index in [1.165, 1.54) is 0 Å². The van der Waals surface area contributed by atoms with Crippen molar-refractivity contribution >= 4 is 0 Å². The average Bonchev–Trinajstić information content (AvgIpc) is 1.36. The molecule has 0 saturated carbocycles. The normalized spacial score (nSPS) is 9.50.